The zero-order chi connectivity index (χ0) is 18.4. The highest BCUT2D eigenvalue weighted by Gasteiger charge is 2.24. The van der Waals surface area contributed by atoms with Crippen molar-refractivity contribution in [3.63, 3.8) is 0 Å². The maximum absolute atomic E-state index is 13.1. The maximum Gasteiger partial charge on any atom is 0.265 e. The van der Waals surface area contributed by atoms with Gasteiger partial charge in [-0.2, -0.15) is 0 Å². The van der Waals surface area contributed by atoms with E-state index < -0.39 is 10.0 Å². The highest BCUT2D eigenvalue weighted by atomic mass is 32.2. The second-order valence-corrected chi connectivity index (χ2v) is 7.69. The zero-order valence-electron chi connectivity index (χ0n) is 14.5. The van der Waals surface area contributed by atoms with E-state index in [0.717, 1.165) is 11.1 Å². The van der Waals surface area contributed by atoms with Crippen LogP contribution in [0.4, 0.5) is 5.69 Å². The van der Waals surface area contributed by atoms with E-state index >= 15 is 0 Å². The summed E-state index contributed by atoms with van der Waals surface area (Å²) in [6.07, 6.45) is 0. The van der Waals surface area contributed by atoms with E-state index in [2.05, 4.69) is 11.8 Å². The lowest BCUT2D eigenvalue weighted by atomic mass is 10.2. The largest absolute Gasteiger partial charge is 0.265 e. The fourth-order valence-electron chi connectivity index (χ4n) is 2.48. The molecule has 0 spiro atoms. The minimum Gasteiger partial charge on any atom is -0.254 e. The quantitative estimate of drug-likeness (QED) is 0.652. The van der Waals surface area contributed by atoms with Crippen molar-refractivity contribution < 1.29 is 8.42 Å². The van der Waals surface area contributed by atoms with Crippen LogP contribution in [0.3, 0.4) is 0 Å². The van der Waals surface area contributed by atoms with Crippen molar-refractivity contribution in [3.05, 3.63) is 96.1 Å². The highest BCUT2D eigenvalue weighted by molar-refractivity contribution is 7.92. The third kappa shape index (κ3) is 4.14. The number of sulfonamides is 1. The molecule has 0 atom stereocenters. The number of nitrogens with zero attached hydrogens (tertiary/aromatic N) is 1. The minimum atomic E-state index is -3.69. The van der Waals surface area contributed by atoms with Gasteiger partial charge in [0.1, 0.15) is 0 Å². The van der Waals surface area contributed by atoms with Crippen molar-refractivity contribution in [1.29, 1.82) is 0 Å². The molecule has 0 heterocycles. The third-order valence-electron chi connectivity index (χ3n) is 3.88. The number of para-hydroxylation sites is 1. The monoisotopic (exact) mass is 361 g/mol. The lowest BCUT2D eigenvalue weighted by Gasteiger charge is -2.22. The predicted molar refractivity (Wildman–Crippen MR) is 105 cm³/mol. The Morgan fingerprint density at radius 3 is 2.00 bits per heavy atom. The Morgan fingerprint density at radius 2 is 1.38 bits per heavy atom. The Kier molecular flexibility index (Phi) is 5.40. The third-order valence-corrected chi connectivity index (χ3v) is 5.67. The van der Waals surface area contributed by atoms with Gasteiger partial charge in [-0.15, -0.1) is 0 Å². The molecule has 0 bridgehead atoms. The molecule has 3 rings (SSSR count). The summed E-state index contributed by atoms with van der Waals surface area (Å²) in [6.45, 7) is 2.01. The van der Waals surface area contributed by atoms with Crippen LogP contribution < -0.4 is 4.31 Å². The molecule has 0 aromatic heterocycles. The SMILES string of the molecule is Cc1ccc(S(=O)(=O)N(CC#Cc2ccccc2)c2ccccc2)cc1. The van der Waals surface area contributed by atoms with Crippen LogP contribution in [-0.4, -0.2) is 15.0 Å². The summed E-state index contributed by atoms with van der Waals surface area (Å²) in [6, 6.07) is 25.4. The molecule has 0 aliphatic carbocycles. The van der Waals surface area contributed by atoms with E-state index in [0.29, 0.717) is 5.69 Å². The van der Waals surface area contributed by atoms with Gasteiger partial charge in [0.2, 0.25) is 0 Å². The number of anilines is 1. The summed E-state index contributed by atoms with van der Waals surface area (Å²) in [5.41, 5.74) is 2.46. The number of rotatable bonds is 4. The molecule has 0 fully saturated rings. The van der Waals surface area contributed by atoms with E-state index in [4.69, 9.17) is 0 Å². The fourth-order valence-corrected chi connectivity index (χ4v) is 3.85. The van der Waals surface area contributed by atoms with E-state index in [9.17, 15) is 8.42 Å². The second-order valence-electron chi connectivity index (χ2n) is 5.83. The van der Waals surface area contributed by atoms with Crippen molar-refractivity contribution in [1.82, 2.24) is 0 Å². The van der Waals surface area contributed by atoms with Crippen LogP contribution in [0.25, 0.3) is 0 Å². The number of benzene rings is 3. The molecular formula is C22H19NO2S. The molecule has 0 amide bonds. The normalized spacial score (nSPS) is 10.7. The van der Waals surface area contributed by atoms with Crippen molar-refractivity contribution in [2.45, 2.75) is 11.8 Å². The van der Waals surface area contributed by atoms with Gasteiger partial charge < -0.3 is 0 Å². The van der Waals surface area contributed by atoms with E-state index in [1.807, 2.05) is 55.5 Å². The highest BCUT2D eigenvalue weighted by Crippen LogP contribution is 2.23. The predicted octanol–water partition coefficient (Wildman–Crippen LogP) is 4.24. The molecule has 0 radical (unpaired) electrons. The average Bonchev–Trinajstić information content (AvgIpc) is 2.67. The first-order chi connectivity index (χ1) is 12.6. The fraction of sp³-hybridized carbons (Fsp3) is 0.0909. The Balaban J connectivity index is 1.96. The van der Waals surface area contributed by atoms with Crippen molar-refractivity contribution in [3.8, 4) is 11.8 Å². The minimum absolute atomic E-state index is 0.0785. The van der Waals surface area contributed by atoms with Crippen LogP contribution in [0.5, 0.6) is 0 Å². The summed E-state index contributed by atoms with van der Waals surface area (Å²) < 4.78 is 27.6. The molecule has 4 heteroatoms. The van der Waals surface area contributed by atoms with Crippen LogP contribution in [0.15, 0.2) is 89.8 Å². The molecule has 0 aliphatic rings. The van der Waals surface area contributed by atoms with Crippen molar-refractivity contribution in [2.24, 2.45) is 0 Å². The van der Waals surface area contributed by atoms with Gasteiger partial charge in [-0.25, -0.2) is 8.42 Å². The molecule has 130 valence electrons. The molecular weight excluding hydrogens is 342 g/mol. The average molecular weight is 361 g/mol. The molecule has 0 N–H and O–H groups in total. The van der Waals surface area contributed by atoms with Crippen molar-refractivity contribution in [2.75, 3.05) is 10.8 Å². The standard InChI is InChI=1S/C22H19NO2S/c1-19-14-16-22(17-15-19)26(24,25)23(21-12-6-3-7-13-21)18-8-11-20-9-4-2-5-10-20/h2-7,9-10,12-17H,18H2,1H3. The molecule has 0 saturated heterocycles. The Labute approximate surface area is 155 Å². The lowest BCUT2D eigenvalue weighted by Crippen LogP contribution is -2.31. The summed E-state index contributed by atoms with van der Waals surface area (Å²) in [5.74, 6) is 6.01. The van der Waals surface area contributed by atoms with Crippen molar-refractivity contribution >= 4 is 15.7 Å². The number of hydrogen-bond donors (Lipinski definition) is 0. The van der Waals surface area contributed by atoms with E-state index in [1.54, 1.807) is 36.4 Å². The number of aryl methyl sites for hydroxylation is 1. The Bertz CT molecular complexity index is 1020. The van der Waals surface area contributed by atoms with Gasteiger partial charge >= 0.3 is 0 Å². The zero-order valence-corrected chi connectivity index (χ0v) is 15.3. The first-order valence-corrected chi connectivity index (χ1v) is 9.70. The van der Waals surface area contributed by atoms with Crippen LogP contribution in [0.2, 0.25) is 0 Å². The summed E-state index contributed by atoms with van der Waals surface area (Å²) in [5, 5.41) is 0. The van der Waals surface area contributed by atoms with Gasteiger partial charge in [-0.05, 0) is 43.3 Å². The van der Waals surface area contributed by atoms with Gasteiger partial charge in [0.15, 0.2) is 0 Å². The smallest absolute Gasteiger partial charge is 0.254 e. The summed E-state index contributed by atoms with van der Waals surface area (Å²) in [7, 11) is -3.69. The topological polar surface area (TPSA) is 37.4 Å². The van der Waals surface area contributed by atoms with E-state index in [1.165, 1.54) is 4.31 Å². The van der Waals surface area contributed by atoms with Crippen LogP contribution in [0, 0.1) is 18.8 Å². The van der Waals surface area contributed by atoms with E-state index in [-0.39, 0.29) is 11.4 Å². The van der Waals surface area contributed by atoms with Crippen LogP contribution in [0.1, 0.15) is 11.1 Å². The van der Waals surface area contributed by atoms with Crippen LogP contribution >= 0.6 is 0 Å². The molecule has 3 aromatic carbocycles. The first-order valence-electron chi connectivity index (χ1n) is 8.26. The Morgan fingerprint density at radius 1 is 0.808 bits per heavy atom. The van der Waals surface area contributed by atoms with Gasteiger partial charge in [-0.3, -0.25) is 4.31 Å². The molecule has 0 unspecified atom stereocenters. The van der Waals surface area contributed by atoms with Gasteiger partial charge in [0, 0.05) is 5.56 Å². The Hall–Kier alpha value is -3.03. The number of hydrogen-bond acceptors (Lipinski definition) is 2. The second kappa shape index (κ2) is 7.90. The van der Waals surface area contributed by atoms with Crippen LogP contribution in [-0.2, 0) is 10.0 Å². The van der Waals surface area contributed by atoms with Gasteiger partial charge in [-0.1, -0.05) is 65.9 Å². The molecule has 3 nitrogen and oxygen atoms in total. The molecule has 26 heavy (non-hydrogen) atoms. The van der Waals surface area contributed by atoms with Gasteiger partial charge in [0.25, 0.3) is 10.0 Å². The summed E-state index contributed by atoms with van der Waals surface area (Å²) >= 11 is 0. The summed E-state index contributed by atoms with van der Waals surface area (Å²) in [4.78, 5) is 0.258. The maximum atomic E-state index is 13.1. The molecule has 3 aromatic rings. The lowest BCUT2D eigenvalue weighted by molar-refractivity contribution is 0.593. The van der Waals surface area contributed by atoms with Gasteiger partial charge in [0.05, 0.1) is 17.1 Å². The molecule has 0 aliphatic heterocycles. The first kappa shape index (κ1) is 17.8. The molecule has 0 saturated carbocycles.